The topological polar surface area (TPSA) is 34.1 Å². The number of carbonyl (C=O) groups is 2. The van der Waals surface area contributed by atoms with Gasteiger partial charge in [0, 0.05) is 12.8 Å². The Bertz CT molecular complexity index is 412. The molecular formula is C31H60O2. The van der Waals surface area contributed by atoms with Gasteiger partial charge < -0.3 is 0 Å². The Labute approximate surface area is 208 Å². The molecule has 0 aliphatic heterocycles. The molecule has 0 aromatic heterocycles. The highest BCUT2D eigenvalue weighted by molar-refractivity contribution is 6.06. The van der Waals surface area contributed by atoms with Crippen molar-refractivity contribution in [2.45, 2.75) is 182 Å². The molecule has 0 fully saturated rings. The van der Waals surface area contributed by atoms with Gasteiger partial charge in [0.1, 0.15) is 11.6 Å². The monoisotopic (exact) mass is 464 g/mol. The molecule has 0 heterocycles. The lowest BCUT2D eigenvalue weighted by atomic mass is 9.79. The highest BCUT2D eigenvalue weighted by Crippen LogP contribution is 2.25. The molecule has 0 unspecified atom stereocenters. The minimum atomic E-state index is -0.781. The van der Waals surface area contributed by atoms with Crippen molar-refractivity contribution in [1.82, 2.24) is 0 Å². The van der Waals surface area contributed by atoms with Crippen LogP contribution in [0, 0.1) is 5.41 Å². The van der Waals surface area contributed by atoms with Gasteiger partial charge in [0.2, 0.25) is 0 Å². The Morgan fingerprint density at radius 2 is 0.606 bits per heavy atom. The first-order chi connectivity index (χ1) is 16.0. The number of unbranched alkanes of at least 4 members (excludes halogenated alkanes) is 20. The molecule has 0 aliphatic carbocycles. The molecule has 0 amide bonds. The lowest BCUT2D eigenvalue weighted by molar-refractivity contribution is -0.138. The van der Waals surface area contributed by atoms with Crippen LogP contribution in [-0.4, -0.2) is 11.6 Å². The first-order valence-corrected chi connectivity index (χ1v) is 15.0. The van der Waals surface area contributed by atoms with Crippen LogP contribution < -0.4 is 0 Å². The van der Waals surface area contributed by atoms with E-state index in [1.807, 2.05) is 13.8 Å². The summed E-state index contributed by atoms with van der Waals surface area (Å²) in [6, 6.07) is 0. The van der Waals surface area contributed by atoms with Crippen LogP contribution in [-0.2, 0) is 9.59 Å². The fourth-order valence-electron chi connectivity index (χ4n) is 4.68. The van der Waals surface area contributed by atoms with E-state index < -0.39 is 5.41 Å². The van der Waals surface area contributed by atoms with E-state index in [0.717, 1.165) is 25.7 Å². The van der Waals surface area contributed by atoms with Crippen LogP contribution in [0.4, 0.5) is 0 Å². The van der Waals surface area contributed by atoms with Gasteiger partial charge in [-0.2, -0.15) is 0 Å². The van der Waals surface area contributed by atoms with Gasteiger partial charge in [-0.3, -0.25) is 9.59 Å². The van der Waals surface area contributed by atoms with E-state index in [9.17, 15) is 9.59 Å². The van der Waals surface area contributed by atoms with E-state index in [0.29, 0.717) is 12.8 Å². The number of carbonyl (C=O) groups excluding carboxylic acids is 2. The molecule has 0 aromatic rings. The van der Waals surface area contributed by atoms with Crippen molar-refractivity contribution in [2.24, 2.45) is 5.41 Å². The first-order valence-electron chi connectivity index (χ1n) is 15.0. The summed E-state index contributed by atoms with van der Waals surface area (Å²) in [4.78, 5) is 25.3. The number of hydrogen-bond acceptors (Lipinski definition) is 2. The zero-order chi connectivity index (χ0) is 24.6. The molecule has 0 saturated heterocycles. The molecule has 0 atom stereocenters. The van der Waals surface area contributed by atoms with Crippen molar-refractivity contribution in [2.75, 3.05) is 0 Å². The molecule has 0 aromatic carbocycles. The van der Waals surface area contributed by atoms with Crippen LogP contribution in [0.2, 0.25) is 0 Å². The summed E-state index contributed by atoms with van der Waals surface area (Å²) < 4.78 is 0. The molecule has 0 aliphatic rings. The number of Topliss-reactive ketones (excluding diaryl/α,β-unsaturated/α-hetero) is 2. The number of ketones is 2. The third-order valence-corrected chi connectivity index (χ3v) is 7.41. The lowest BCUT2D eigenvalue weighted by Gasteiger charge is -2.21. The fourth-order valence-corrected chi connectivity index (χ4v) is 4.68. The second kappa shape index (κ2) is 23.1. The summed E-state index contributed by atoms with van der Waals surface area (Å²) in [7, 11) is 0. The largest absolute Gasteiger partial charge is 0.299 e. The average Bonchev–Trinajstić information content (AvgIpc) is 2.80. The Hall–Kier alpha value is -0.660. The molecule has 0 bridgehead atoms. The molecule has 2 heteroatoms. The molecule has 0 saturated carbocycles. The summed E-state index contributed by atoms with van der Waals surface area (Å²) >= 11 is 0. The Morgan fingerprint density at radius 1 is 0.394 bits per heavy atom. The van der Waals surface area contributed by atoms with Crippen molar-refractivity contribution in [3.8, 4) is 0 Å². The van der Waals surface area contributed by atoms with Gasteiger partial charge in [-0.05, 0) is 26.7 Å². The Kier molecular flexibility index (Phi) is 22.6. The molecule has 0 radical (unpaired) electrons. The highest BCUT2D eigenvalue weighted by Gasteiger charge is 2.33. The van der Waals surface area contributed by atoms with E-state index in [-0.39, 0.29) is 11.6 Å². The third kappa shape index (κ3) is 19.3. The van der Waals surface area contributed by atoms with Gasteiger partial charge in [0.25, 0.3) is 0 Å². The van der Waals surface area contributed by atoms with Gasteiger partial charge in [-0.15, -0.1) is 0 Å². The summed E-state index contributed by atoms with van der Waals surface area (Å²) in [6.45, 7) is 8.24. The van der Waals surface area contributed by atoms with Crippen molar-refractivity contribution in [3.05, 3.63) is 0 Å². The van der Waals surface area contributed by atoms with Crippen molar-refractivity contribution >= 4 is 11.6 Å². The molecule has 0 spiro atoms. The standard InChI is InChI=1S/C31H60O2/c1-5-7-9-11-13-15-17-19-21-23-25-27-29(32)31(3,4)30(33)28-26-24-22-20-18-16-14-12-10-8-6-2/h5-28H2,1-4H3. The molecule has 33 heavy (non-hydrogen) atoms. The summed E-state index contributed by atoms with van der Waals surface area (Å²) in [5.41, 5.74) is -0.781. The van der Waals surface area contributed by atoms with E-state index >= 15 is 0 Å². The maximum absolute atomic E-state index is 12.6. The third-order valence-electron chi connectivity index (χ3n) is 7.41. The van der Waals surface area contributed by atoms with Crippen LogP contribution in [0.5, 0.6) is 0 Å². The van der Waals surface area contributed by atoms with Gasteiger partial charge in [-0.25, -0.2) is 0 Å². The predicted molar refractivity (Wildman–Crippen MR) is 146 cm³/mol. The van der Waals surface area contributed by atoms with Gasteiger partial charge >= 0.3 is 0 Å². The van der Waals surface area contributed by atoms with Crippen molar-refractivity contribution in [3.63, 3.8) is 0 Å². The quantitative estimate of drug-likeness (QED) is 0.0942. The summed E-state index contributed by atoms with van der Waals surface area (Å²) in [5.74, 6) is 0.318. The van der Waals surface area contributed by atoms with Crippen molar-refractivity contribution in [1.29, 1.82) is 0 Å². The second-order valence-electron chi connectivity index (χ2n) is 11.0. The molecular weight excluding hydrogens is 404 g/mol. The maximum Gasteiger partial charge on any atom is 0.145 e. The lowest BCUT2D eigenvalue weighted by Crippen LogP contribution is -2.33. The zero-order valence-corrected chi connectivity index (χ0v) is 23.3. The number of rotatable bonds is 26. The van der Waals surface area contributed by atoms with Gasteiger partial charge in [-0.1, -0.05) is 142 Å². The van der Waals surface area contributed by atoms with Crippen LogP contribution in [0.25, 0.3) is 0 Å². The Morgan fingerprint density at radius 3 is 0.848 bits per heavy atom. The van der Waals surface area contributed by atoms with Gasteiger partial charge in [0.05, 0.1) is 5.41 Å². The van der Waals surface area contributed by atoms with E-state index in [1.165, 1.54) is 116 Å². The predicted octanol–water partition coefficient (Wildman–Crippen LogP) is 10.6. The SMILES string of the molecule is CCCCCCCCCCCCCC(=O)C(C)(C)C(=O)CCCCCCCCCCCCC. The molecule has 196 valence electrons. The Balaban J connectivity index is 3.65. The zero-order valence-electron chi connectivity index (χ0n) is 23.3. The smallest absolute Gasteiger partial charge is 0.145 e. The molecule has 2 nitrogen and oxygen atoms in total. The van der Waals surface area contributed by atoms with Crippen LogP contribution >= 0.6 is 0 Å². The number of hydrogen-bond donors (Lipinski definition) is 0. The molecule has 0 rings (SSSR count). The second-order valence-corrected chi connectivity index (χ2v) is 11.0. The van der Waals surface area contributed by atoms with E-state index in [4.69, 9.17) is 0 Å². The van der Waals surface area contributed by atoms with Crippen LogP contribution in [0.3, 0.4) is 0 Å². The fraction of sp³-hybridized carbons (Fsp3) is 0.935. The molecule has 0 N–H and O–H groups in total. The van der Waals surface area contributed by atoms with Gasteiger partial charge in [0.15, 0.2) is 0 Å². The van der Waals surface area contributed by atoms with E-state index in [2.05, 4.69) is 13.8 Å². The minimum absolute atomic E-state index is 0.159. The van der Waals surface area contributed by atoms with Crippen molar-refractivity contribution < 1.29 is 9.59 Å². The maximum atomic E-state index is 12.6. The highest BCUT2D eigenvalue weighted by atomic mass is 16.2. The van der Waals surface area contributed by atoms with E-state index in [1.54, 1.807) is 0 Å². The van der Waals surface area contributed by atoms with Crippen LogP contribution in [0.1, 0.15) is 182 Å². The van der Waals surface area contributed by atoms with Crippen LogP contribution in [0.15, 0.2) is 0 Å². The summed E-state index contributed by atoms with van der Waals surface area (Å²) in [6.07, 6.45) is 29.5. The average molecular weight is 465 g/mol. The minimum Gasteiger partial charge on any atom is -0.299 e. The normalized spacial score (nSPS) is 11.8. The first kappa shape index (κ1) is 32.3. The summed E-state index contributed by atoms with van der Waals surface area (Å²) in [5, 5.41) is 0.